The molecule has 21 heavy (non-hydrogen) atoms. The van der Waals surface area contributed by atoms with E-state index in [1.165, 1.54) is 13.2 Å². The molecule has 0 fully saturated rings. The molecule has 0 saturated heterocycles. The molecule has 3 nitrogen and oxygen atoms in total. The van der Waals surface area contributed by atoms with Crippen molar-refractivity contribution < 1.29 is 14.3 Å². The third kappa shape index (κ3) is 3.51. The highest BCUT2D eigenvalue weighted by Crippen LogP contribution is 2.37. The Balaban J connectivity index is 2.42. The molecule has 0 heterocycles. The van der Waals surface area contributed by atoms with Crippen LogP contribution in [-0.4, -0.2) is 18.5 Å². The summed E-state index contributed by atoms with van der Waals surface area (Å²) in [5.74, 6) is 0.0414. The highest BCUT2D eigenvalue weighted by Gasteiger charge is 2.31. The van der Waals surface area contributed by atoms with E-state index >= 15 is 0 Å². The molecule has 0 radical (unpaired) electrons. The van der Waals surface area contributed by atoms with Crippen LogP contribution in [0.1, 0.15) is 12.5 Å². The van der Waals surface area contributed by atoms with E-state index < -0.39 is 11.4 Å². The number of allylic oxidation sites excluding steroid dienone is 1. The van der Waals surface area contributed by atoms with Gasteiger partial charge in [-0.1, -0.05) is 23.2 Å². The second kappa shape index (κ2) is 6.13. The van der Waals surface area contributed by atoms with Gasteiger partial charge >= 0.3 is 0 Å². The van der Waals surface area contributed by atoms with Gasteiger partial charge in [0.15, 0.2) is 11.5 Å². The lowest BCUT2D eigenvalue weighted by atomic mass is 9.98. The molecule has 0 aromatic heterocycles. The van der Waals surface area contributed by atoms with Crippen LogP contribution in [0.5, 0.6) is 5.75 Å². The largest absolute Gasteiger partial charge is 0.451 e. The number of hydrogen-bond acceptors (Lipinski definition) is 3. The van der Waals surface area contributed by atoms with Crippen LogP contribution in [0, 0.1) is 6.92 Å². The summed E-state index contributed by atoms with van der Waals surface area (Å²) in [7, 11) is 1.53. The Kier molecular flexibility index (Phi) is 4.83. The lowest BCUT2D eigenvalue weighted by Gasteiger charge is -2.26. The number of hydrogen-bond donors (Lipinski definition) is 0. The number of rotatable bonds is 3. The summed E-state index contributed by atoms with van der Waals surface area (Å²) in [4.78, 5) is 12.1. The summed E-state index contributed by atoms with van der Waals surface area (Å²) in [6.07, 6.45) is 3.11. The molecule has 1 atom stereocenters. The first-order chi connectivity index (χ1) is 9.75. The standard InChI is InChI=1S/C15H13BrCl2O3/c1-8-4-9(16)14(10(17)5-8)21-12-7-15(2,20-3)6-11(18)13(12)19/h4-7H,1-3H3. The van der Waals surface area contributed by atoms with Crippen molar-refractivity contribution in [1.82, 2.24) is 0 Å². The first kappa shape index (κ1) is 16.6. The van der Waals surface area contributed by atoms with Gasteiger partial charge in [-0.15, -0.1) is 0 Å². The van der Waals surface area contributed by atoms with Crippen molar-refractivity contribution in [1.29, 1.82) is 0 Å². The van der Waals surface area contributed by atoms with Gasteiger partial charge < -0.3 is 9.47 Å². The van der Waals surface area contributed by atoms with Crippen molar-refractivity contribution >= 4 is 44.9 Å². The van der Waals surface area contributed by atoms with E-state index in [2.05, 4.69) is 15.9 Å². The molecular weight excluding hydrogens is 379 g/mol. The number of carbonyl (C=O) groups excluding carboxylic acids is 1. The number of carbonyl (C=O) groups is 1. The smallest absolute Gasteiger partial charge is 0.239 e. The average molecular weight is 392 g/mol. The van der Waals surface area contributed by atoms with Crippen LogP contribution in [0.15, 0.2) is 39.5 Å². The van der Waals surface area contributed by atoms with E-state index in [1.807, 2.05) is 13.0 Å². The summed E-state index contributed by atoms with van der Waals surface area (Å²) in [5.41, 5.74) is 0.173. The van der Waals surface area contributed by atoms with Gasteiger partial charge in [-0.3, -0.25) is 4.79 Å². The predicted octanol–water partition coefficient (Wildman–Crippen LogP) is 4.78. The highest BCUT2D eigenvalue weighted by atomic mass is 79.9. The van der Waals surface area contributed by atoms with Gasteiger partial charge in [0.2, 0.25) is 5.78 Å². The van der Waals surface area contributed by atoms with E-state index in [0.29, 0.717) is 15.2 Å². The normalized spacial score (nSPS) is 21.9. The molecule has 1 aliphatic rings. The molecule has 2 rings (SSSR count). The number of Topliss-reactive ketones (excluding diaryl/α,β-unsaturated/α-hetero) is 1. The van der Waals surface area contributed by atoms with Crippen molar-refractivity contribution in [2.45, 2.75) is 19.4 Å². The number of aryl methyl sites for hydroxylation is 1. The number of ether oxygens (including phenoxy) is 2. The number of halogens is 3. The SMILES string of the molecule is COC1(C)C=C(Cl)C(=O)C(Oc2c(Cl)cc(C)cc2Br)=C1. The quantitative estimate of drug-likeness (QED) is 0.743. The Morgan fingerprint density at radius 3 is 2.48 bits per heavy atom. The predicted molar refractivity (Wildman–Crippen MR) is 87.0 cm³/mol. The van der Waals surface area contributed by atoms with E-state index in [0.717, 1.165) is 5.56 Å². The minimum Gasteiger partial charge on any atom is -0.451 e. The molecule has 1 aromatic rings. The van der Waals surface area contributed by atoms with Crippen LogP contribution >= 0.6 is 39.1 Å². The molecular formula is C15H13BrCl2O3. The molecule has 0 aliphatic heterocycles. The van der Waals surface area contributed by atoms with E-state index in [9.17, 15) is 4.79 Å². The minimum atomic E-state index is -0.802. The second-order valence-corrected chi connectivity index (χ2v) is 6.55. The van der Waals surface area contributed by atoms with Crippen LogP contribution < -0.4 is 4.74 Å². The van der Waals surface area contributed by atoms with Crippen LogP contribution in [0.2, 0.25) is 5.02 Å². The molecule has 1 aliphatic carbocycles. The highest BCUT2D eigenvalue weighted by molar-refractivity contribution is 9.10. The van der Waals surface area contributed by atoms with Gasteiger partial charge in [0.05, 0.1) is 14.5 Å². The lowest BCUT2D eigenvalue weighted by Crippen LogP contribution is -2.29. The fourth-order valence-electron chi connectivity index (χ4n) is 1.89. The van der Waals surface area contributed by atoms with Gasteiger partial charge in [0, 0.05) is 7.11 Å². The first-order valence-corrected chi connectivity index (χ1v) is 7.65. The summed E-state index contributed by atoms with van der Waals surface area (Å²) in [6, 6.07) is 3.60. The minimum absolute atomic E-state index is 0.0520. The van der Waals surface area contributed by atoms with Gasteiger partial charge in [-0.05, 0) is 59.6 Å². The summed E-state index contributed by atoms with van der Waals surface area (Å²) < 4.78 is 11.7. The third-order valence-corrected chi connectivity index (χ3v) is 4.22. The maximum absolute atomic E-state index is 12.1. The number of benzene rings is 1. The zero-order valence-corrected chi connectivity index (χ0v) is 14.8. The monoisotopic (exact) mass is 390 g/mol. The van der Waals surface area contributed by atoms with Crippen LogP contribution in [0.3, 0.4) is 0 Å². The van der Waals surface area contributed by atoms with Gasteiger partial charge in [-0.2, -0.15) is 0 Å². The average Bonchev–Trinajstić information content (AvgIpc) is 2.39. The zero-order valence-electron chi connectivity index (χ0n) is 11.7. The maximum atomic E-state index is 12.1. The molecule has 6 heteroatoms. The number of ketones is 1. The molecule has 0 amide bonds. The van der Waals surface area contributed by atoms with Crippen molar-refractivity contribution in [2.75, 3.05) is 7.11 Å². The zero-order chi connectivity index (χ0) is 15.8. The second-order valence-electron chi connectivity index (χ2n) is 4.88. The maximum Gasteiger partial charge on any atom is 0.239 e. The van der Waals surface area contributed by atoms with Crippen molar-refractivity contribution in [2.24, 2.45) is 0 Å². The fourth-order valence-corrected chi connectivity index (χ4v) is 3.28. The Morgan fingerprint density at radius 1 is 1.24 bits per heavy atom. The molecule has 1 aromatic carbocycles. The Labute approximate surface area is 141 Å². The van der Waals surface area contributed by atoms with Gasteiger partial charge in [-0.25, -0.2) is 0 Å². The van der Waals surface area contributed by atoms with Crippen LogP contribution in [0.25, 0.3) is 0 Å². The van der Waals surface area contributed by atoms with E-state index in [1.54, 1.807) is 19.1 Å². The van der Waals surface area contributed by atoms with E-state index in [-0.39, 0.29) is 10.8 Å². The number of methoxy groups -OCH3 is 1. The molecule has 0 saturated carbocycles. The van der Waals surface area contributed by atoms with Gasteiger partial charge in [0.1, 0.15) is 5.60 Å². The Bertz CT molecular complexity index is 644. The fraction of sp³-hybridized carbons (Fsp3) is 0.267. The summed E-state index contributed by atoms with van der Waals surface area (Å²) in [6.45, 7) is 3.68. The van der Waals surface area contributed by atoms with Crippen molar-refractivity contribution in [3.8, 4) is 5.75 Å². The van der Waals surface area contributed by atoms with Crippen molar-refractivity contribution in [3.05, 3.63) is 50.1 Å². The van der Waals surface area contributed by atoms with Crippen LogP contribution in [-0.2, 0) is 9.53 Å². The molecule has 0 N–H and O–H groups in total. The molecule has 0 bridgehead atoms. The van der Waals surface area contributed by atoms with Crippen molar-refractivity contribution in [3.63, 3.8) is 0 Å². The Morgan fingerprint density at radius 2 is 1.90 bits per heavy atom. The third-order valence-electron chi connectivity index (χ3n) is 3.07. The molecule has 0 spiro atoms. The van der Waals surface area contributed by atoms with Gasteiger partial charge in [0.25, 0.3) is 0 Å². The van der Waals surface area contributed by atoms with E-state index in [4.69, 9.17) is 32.7 Å². The summed E-state index contributed by atoms with van der Waals surface area (Å²) >= 11 is 15.5. The summed E-state index contributed by atoms with van der Waals surface area (Å²) in [5, 5.41) is 0.455. The molecule has 112 valence electrons. The first-order valence-electron chi connectivity index (χ1n) is 6.10. The Hall–Kier alpha value is -0.810. The van der Waals surface area contributed by atoms with Crippen LogP contribution in [0.4, 0.5) is 0 Å². The lowest BCUT2D eigenvalue weighted by molar-refractivity contribution is -0.114. The molecule has 1 unspecified atom stereocenters. The topological polar surface area (TPSA) is 35.5 Å².